The van der Waals surface area contributed by atoms with Crippen LogP contribution in [0.15, 0.2) is 42.6 Å². The van der Waals surface area contributed by atoms with E-state index in [0.29, 0.717) is 17.0 Å². The maximum atomic E-state index is 12.3. The number of benzene rings is 1. The van der Waals surface area contributed by atoms with Crippen molar-refractivity contribution in [1.82, 2.24) is 4.98 Å². The molecular weight excluding hydrogens is 330 g/mol. The molecule has 0 bridgehead atoms. The highest BCUT2D eigenvalue weighted by Crippen LogP contribution is 2.20. The molecule has 6 heteroatoms. The van der Waals surface area contributed by atoms with Crippen molar-refractivity contribution >= 4 is 23.2 Å². The molecule has 1 aliphatic heterocycles. The monoisotopic (exact) mass is 353 g/mol. The summed E-state index contributed by atoms with van der Waals surface area (Å²) in [5.41, 5.74) is 1.18. The molecule has 1 aliphatic rings. The minimum absolute atomic E-state index is 0.0447. The van der Waals surface area contributed by atoms with E-state index in [-0.39, 0.29) is 11.7 Å². The first-order chi connectivity index (χ1) is 12.5. The van der Waals surface area contributed by atoms with Gasteiger partial charge in [-0.15, -0.1) is 0 Å². The number of ketones is 1. The van der Waals surface area contributed by atoms with E-state index in [1.54, 1.807) is 37.4 Å². The Balaban J connectivity index is 1.58. The summed E-state index contributed by atoms with van der Waals surface area (Å²) in [4.78, 5) is 30.4. The lowest BCUT2D eigenvalue weighted by atomic mass is 10.1. The lowest BCUT2D eigenvalue weighted by Crippen LogP contribution is -2.30. The summed E-state index contributed by atoms with van der Waals surface area (Å²) in [5.74, 6) is 1.11. The second kappa shape index (κ2) is 7.99. The van der Waals surface area contributed by atoms with Gasteiger partial charge in [0, 0.05) is 18.7 Å². The Bertz CT molecular complexity index is 783. The Morgan fingerprint density at radius 1 is 1.19 bits per heavy atom. The number of rotatable bonds is 6. The van der Waals surface area contributed by atoms with Crippen molar-refractivity contribution in [3.05, 3.63) is 48.2 Å². The van der Waals surface area contributed by atoms with E-state index in [1.165, 1.54) is 19.8 Å². The summed E-state index contributed by atoms with van der Waals surface area (Å²) in [5, 5.41) is 2.81. The van der Waals surface area contributed by atoms with Crippen molar-refractivity contribution < 1.29 is 14.3 Å². The number of hydrogen-bond donors (Lipinski definition) is 1. The lowest BCUT2D eigenvalue weighted by Gasteiger charge is -2.17. The molecule has 1 unspecified atom stereocenters. The van der Waals surface area contributed by atoms with E-state index < -0.39 is 6.10 Å². The van der Waals surface area contributed by atoms with Gasteiger partial charge in [0.1, 0.15) is 11.6 Å². The fourth-order valence-corrected chi connectivity index (χ4v) is 2.88. The van der Waals surface area contributed by atoms with Gasteiger partial charge in [0.2, 0.25) is 0 Å². The Morgan fingerprint density at radius 3 is 2.62 bits per heavy atom. The second-order valence-corrected chi connectivity index (χ2v) is 6.43. The molecular formula is C20H23N3O3. The van der Waals surface area contributed by atoms with Gasteiger partial charge in [0.05, 0.1) is 11.9 Å². The van der Waals surface area contributed by atoms with E-state index in [9.17, 15) is 9.59 Å². The fourth-order valence-electron chi connectivity index (χ4n) is 2.88. The van der Waals surface area contributed by atoms with Gasteiger partial charge in [-0.1, -0.05) is 12.1 Å². The molecule has 3 rings (SSSR count). The summed E-state index contributed by atoms with van der Waals surface area (Å²) in [6.45, 7) is 5.22. The second-order valence-electron chi connectivity index (χ2n) is 6.43. The zero-order chi connectivity index (χ0) is 18.5. The summed E-state index contributed by atoms with van der Waals surface area (Å²) in [6.07, 6.45) is 3.35. The molecule has 0 aliphatic carbocycles. The van der Waals surface area contributed by atoms with Crippen molar-refractivity contribution in [2.75, 3.05) is 23.3 Å². The van der Waals surface area contributed by atoms with Crippen LogP contribution in [0.1, 0.15) is 37.0 Å². The van der Waals surface area contributed by atoms with E-state index in [2.05, 4.69) is 15.2 Å². The van der Waals surface area contributed by atoms with Crippen molar-refractivity contribution in [3.63, 3.8) is 0 Å². The maximum Gasteiger partial charge on any atom is 0.265 e. The molecule has 136 valence electrons. The molecule has 2 aromatic rings. The average molecular weight is 353 g/mol. The Labute approximate surface area is 153 Å². The Hall–Kier alpha value is -2.89. The van der Waals surface area contributed by atoms with Crippen LogP contribution in [0.5, 0.6) is 5.75 Å². The van der Waals surface area contributed by atoms with Crippen LogP contribution < -0.4 is 15.0 Å². The number of hydrogen-bond acceptors (Lipinski definition) is 5. The van der Waals surface area contributed by atoms with E-state index in [0.717, 1.165) is 18.9 Å². The zero-order valence-corrected chi connectivity index (χ0v) is 15.1. The molecule has 1 N–H and O–H groups in total. The fraction of sp³-hybridized carbons (Fsp3) is 0.350. The van der Waals surface area contributed by atoms with Crippen LogP contribution in [-0.4, -0.2) is 35.9 Å². The largest absolute Gasteiger partial charge is 0.481 e. The van der Waals surface area contributed by atoms with Crippen molar-refractivity contribution in [2.45, 2.75) is 32.8 Å². The van der Waals surface area contributed by atoms with Crippen LogP contribution in [0.3, 0.4) is 0 Å². The number of aromatic nitrogens is 1. The van der Waals surface area contributed by atoms with Gasteiger partial charge in [0.25, 0.3) is 5.91 Å². The smallest absolute Gasteiger partial charge is 0.265 e. The molecule has 2 heterocycles. The summed E-state index contributed by atoms with van der Waals surface area (Å²) < 4.78 is 5.65. The number of anilines is 2. The zero-order valence-electron chi connectivity index (χ0n) is 15.1. The molecule has 26 heavy (non-hydrogen) atoms. The van der Waals surface area contributed by atoms with Gasteiger partial charge < -0.3 is 15.0 Å². The third-order valence-corrected chi connectivity index (χ3v) is 4.37. The highest BCUT2D eigenvalue weighted by Gasteiger charge is 2.17. The van der Waals surface area contributed by atoms with Crippen LogP contribution in [0.4, 0.5) is 11.5 Å². The highest BCUT2D eigenvalue weighted by atomic mass is 16.5. The first-order valence-corrected chi connectivity index (χ1v) is 8.82. The summed E-state index contributed by atoms with van der Waals surface area (Å²) >= 11 is 0. The summed E-state index contributed by atoms with van der Waals surface area (Å²) in [7, 11) is 0. The molecule has 1 aromatic carbocycles. The van der Waals surface area contributed by atoms with Gasteiger partial charge in [-0.05, 0) is 51.0 Å². The average Bonchev–Trinajstić information content (AvgIpc) is 3.17. The van der Waals surface area contributed by atoms with Crippen LogP contribution in [0.2, 0.25) is 0 Å². The van der Waals surface area contributed by atoms with Crippen LogP contribution in [0, 0.1) is 0 Å². The molecule has 1 atom stereocenters. The minimum atomic E-state index is -0.699. The number of nitrogens with zero attached hydrogens (tertiary/aromatic N) is 2. The van der Waals surface area contributed by atoms with Crippen molar-refractivity contribution in [1.29, 1.82) is 0 Å². The van der Waals surface area contributed by atoms with E-state index >= 15 is 0 Å². The van der Waals surface area contributed by atoms with Gasteiger partial charge >= 0.3 is 0 Å². The predicted molar refractivity (Wildman–Crippen MR) is 101 cm³/mol. The molecule has 1 saturated heterocycles. The SMILES string of the molecule is CC(=O)c1cccc(OC(C)C(=O)Nc2ccc(N3CCCC3)nc2)c1. The number of amides is 1. The third kappa shape index (κ3) is 4.39. The molecule has 1 amide bonds. The number of carbonyl (C=O) groups is 2. The van der Waals surface area contributed by atoms with Crippen LogP contribution >= 0.6 is 0 Å². The van der Waals surface area contributed by atoms with Gasteiger partial charge in [-0.25, -0.2) is 4.98 Å². The van der Waals surface area contributed by atoms with Gasteiger partial charge in [-0.3, -0.25) is 9.59 Å². The standard InChI is InChI=1S/C20H23N3O3/c1-14(24)16-6-5-7-18(12-16)26-15(2)20(25)22-17-8-9-19(21-13-17)23-10-3-4-11-23/h5-9,12-13,15H,3-4,10-11H2,1-2H3,(H,22,25). The molecule has 0 spiro atoms. The van der Waals surface area contributed by atoms with Gasteiger partial charge in [0.15, 0.2) is 11.9 Å². The molecule has 0 radical (unpaired) electrons. The molecule has 6 nitrogen and oxygen atoms in total. The molecule has 0 saturated carbocycles. The summed E-state index contributed by atoms with van der Waals surface area (Å²) in [6, 6.07) is 10.6. The minimum Gasteiger partial charge on any atom is -0.481 e. The Morgan fingerprint density at radius 2 is 1.96 bits per heavy atom. The van der Waals surface area contributed by atoms with E-state index in [1.807, 2.05) is 12.1 Å². The lowest BCUT2D eigenvalue weighted by molar-refractivity contribution is -0.122. The number of Topliss-reactive ketones (excluding diaryl/α,β-unsaturated/α-hetero) is 1. The highest BCUT2D eigenvalue weighted by molar-refractivity contribution is 5.95. The van der Waals surface area contributed by atoms with Crippen LogP contribution in [0.25, 0.3) is 0 Å². The first kappa shape index (κ1) is 17.9. The van der Waals surface area contributed by atoms with Gasteiger partial charge in [-0.2, -0.15) is 0 Å². The maximum absolute atomic E-state index is 12.3. The third-order valence-electron chi connectivity index (χ3n) is 4.37. The normalized spacial score (nSPS) is 14.8. The number of nitrogens with one attached hydrogen (secondary N) is 1. The predicted octanol–water partition coefficient (Wildman–Crippen LogP) is 3.29. The molecule has 1 aromatic heterocycles. The topological polar surface area (TPSA) is 71.5 Å². The number of carbonyl (C=O) groups excluding carboxylic acids is 2. The number of pyridine rings is 1. The van der Waals surface area contributed by atoms with Crippen molar-refractivity contribution in [3.8, 4) is 5.75 Å². The molecule has 1 fully saturated rings. The van der Waals surface area contributed by atoms with Crippen LogP contribution in [-0.2, 0) is 4.79 Å². The first-order valence-electron chi connectivity index (χ1n) is 8.82. The quantitative estimate of drug-likeness (QED) is 0.807. The Kier molecular flexibility index (Phi) is 5.51. The number of ether oxygens (including phenoxy) is 1. The van der Waals surface area contributed by atoms with Crippen molar-refractivity contribution in [2.24, 2.45) is 0 Å². The van der Waals surface area contributed by atoms with E-state index in [4.69, 9.17) is 4.74 Å².